The van der Waals surface area contributed by atoms with Crippen LogP contribution in [-0.2, 0) is 17.3 Å². The number of halogens is 4. The molecule has 0 saturated carbocycles. The van der Waals surface area contributed by atoms with Crippen molar-refractivity contribution in [3.05, 3.63) is 22.8 Å². The van der Waals surface area contributed by atoms with Crippen LogP contribution < -0.4 is 4.74 Å². The predicted molar refractivity (Wildman–Crippen MR) is 56.5 cm³/mol. The van der Waals surface area contributed by atoms with Crippen LogP contribution in [0.15, 0.2) is 0 Å². The minimum absolute atomic E-state index is 0.0514. The lowest BCUT2D eigenvalue weighted by molar-refractivity contribution is -0.141. The molecule has 0 aliphatic rings. The number of esters is 1. The highest BCUT2D eigenvalue weighted by molar-refractivity contribution is 5.94. The van der Waals surface area contributed by atoms with Gasteiger partial charge >= 0.3 is 12.1 Å². The summed E-state index contributed by atoms with van der Waals surface area (Å²) < 4.78 is 60.7. The summed E-state index contributed by atoms with van der Waals surface area (Å²) in [4.78, 5) is 14.7. The van der Waals surface area contributed by atoms with Gasteiger partial charge in [0.2, 0.25) is 5.95 Å². The van der Waals surface area contributed by atoms with E-state index in [1.807, 2.05) is 0 Å². The molecule has 0 saturated heterocycles. The van der Waals surface area contributed by atoms with Crippen molar-refractivity contribution in [3.8, 4) is 5.75 Å². The van der Waals surface area contributed by atoms with E-state index < -0.39 is 35.0 Å². The molecular weight excluding hydrogens is 270 g/mol. The number of alkyl halides is 3. The molecule has 0 spiro atoms. The summed E-state index contributed by atoms with van der Waals surface area (Å²) in [6.07, 6.45) is -4.98. The summed E-state index contributed by atoms with van der Waals surface area (Å²) >= 11 is 0. The van der Waals surface area contributed by atoms with Crippen molar-refractivity contribution in [2.45, 2.75) is 19.5 Å². The van der Waals surface area contributed by atoms with E-state index in [0.29, 0.717) is 0 Å². The summed E-state index contributed by atoms with van der Waals surface area (Å²) in [7, 11) is 1.91. The molecule has 0 N–H and O–H groups in total. The highest BCUT2D eigenvalue weighted by Gasteiger charge is 2.42. The maximum atomic E-state index is 13.5. The molecule has 0 aliphatic carbocycles. The fourth-order valence-corrected chi connectivity index (χ4v) is 1.60. The van der Waals surface area contributed by atoms with Gasteiger partial charge in [0.05, 0.1) is 19.9 Å². The van der Waals surface area contributed by atoms with Crippen molar-refractivity contribution < 1.29 is 31.8 Å². The van der Waals surface area contributed by atoms with Crippen molar-refractivity contribution in [2.24, 2.45) is 0 Å². The zero-order valence-corrected chi connectivity index (χ0v) is 10.4. The second-order valence-corrected chi connectivity index (χ2v) is 3.48. The number of methoxy groups -OCH3 is 2. The van der Waals surface area contributed by atoms with E-state index in [4.69, 9.17) is 0 Å². The van der Waals surface area contributed by atoms with Crippen molar-refractivity contribution in [3.63, 3.8) is 0 Å². The molecule has 1 aromatic rings. The Morgan fingerprint density at radius 3 is 2.26 bits per heavy atom. The SMILES string of the molecule is CCc1nc(F)c(C(F)(F)F)c(OC)c1C(=O)OC. The Kier molecular flexibility index (Phi) is 4.33. The molecule has 8 heteroatoms. The Labute approximate surface area is 106 Å². The lowest BCUT2D eigenvalue weighted by Crippen LogP contribution is -2.19. The maximum Gasteiger partial charge on any atom is 0.424 e. The van der Waals surface area contributed by atoms with Gasteiger partial charge in [-0.05, 0) is 6.42 Å². The first-order chi connectivity index (χ1) is 8.77. The Balaban J connectivity index is 3.73. The van der Waals surface area contributed by atoms with Gasteiger partial charge in [0, 0.05) is 0 Å². The van der Waals surface area contributed by atoms with Gasteiger partial charge in [-0.15, -0.1) is 0 Å². The largest absolute Gasteiger partial charge is 0.495 e. The number of ether oxygens (including phenoxy) is 2. The van der Waals surface area contributed by atoms with Crippen LogP contribution in [0.3, 0.4) is 0 Å². The number of hydrogen-bond acceptors (Lipinski definition) is 4. The van der Waals surface area contributed by atoms with Crippen LogP contribution in [0.5, 0.6) is 5.75 Å². The lowest BCUT2D eigenvalue weighted by atomic mass is 10.1. The van der Waals surface area contributed by atoms with Gasteiger partial charge in [-0.25, -0.2) is 9.78 Å². The standard InChI is InChI=1S/C11H11F4NO3/c1-4-5-6(10(17)19-3)8(18-2)7(9(12)16-5)11(13,14)15/h4H2,1-3H3. The van der Waals surface area contributed by atoms with Crippen LogP contribution in [0.2, 0.25) is 0 Å². The van der Waals surface area contributed by atoms with Gasteiger partial charge in [0.15, 0.2) is 11.3 Å². The Hall–Kier alpha value is -1.86. The van der Waals surface area contributed by atoms with Gasteiger partial charge in [0.25, 0.3) is 0 Å². The molecule has 106 valence electrons. The molecule has 1 heterocycles. The van der Waals surface area contributed by atoms with E-state index in [2.05, 4.69) is 14.5 Å². The molecule has 0 aliphatic heterocycles. The number of carbonyl (C=O) groups is 1. The summed E-state index contributed by atoms with van der Waals surface area (Å²) in [5.74, 6) is -3.70. The lowest BCUT2D eigenvalue weighted by Gasteiger charge is -2.17. The van der Waals surface area contributed by atoms with Crippen LogP contribution in [0, 0.1) is 5.95 Å². The van der Waals surface area contributed by atoms with Gasteiger partial charge < -0.3 is 9.47 Å². The molecule has 1 aromatic heterocycles. The minimum atomic E-state index is -5.03. The fourth-order valence-electron chi connectivity index (χ4n) is 1.60. The summed E-state index contributed by atoms with van der Waals surface area (Å²) in [6, 6.07) is 0. The Morgan fingerprint density at radius 1 is 1.32 bits per heavy atom. The number of carbonyl (C=O) groups excluding carboxylic acids is 1. The molecule has 0 unspecified atom stereocenters. The van der Waals surface area contributed by atoms with Crippen LogP contribution in [0.1, 0.15) is 28.5 Å². The van der Waals surface area contributed by atoms with Gasteiger partial charge in [0.1, 0.15) is 5.56 Å². The summed E-state index contributed by atoms with van der Waals surface area (Å²) in [6.45, 7) is 1.51. The van der Waals surface area contributed by atoms with Crippen LogP contribution >= 0.6 is 0 Å². The number of rotatable bonds is 3. The fraction of sp³-hybridized carbons (Fsp3) is 0.455. The van der Waals surface area contributed by atoms with E-state index in [9.17, 15) is 22.4 Å². The average Bonchev–Trinajstić information content (AvgIpc) is 2.34. The Morgan fingerprint density at radius 2 is 1.89 bits per heavy atom. The van der Waals surface area contributed by atoms with Crippen molar-refractivity contribution in [1.29, 1.82) is 0 Å². The first kappa shape index (κ1) is 15.2. The highest BCUT2D eigenvalue weighted by Crippen LogP contribution is 2.40. The predicted octanol–water partition coefficient (Wildman–Crippen LogP) is 2.60. The summed E-state index contributed by atoms with van der Waals surface area (Å²) in [5, 5.41) is 0. The number of hydrogen-bond donors (Lipinski definition) is 0. The van der Waals surface area contributed by atoms with Gasteiger partial charge in [-0.2, -0.15) is 17.6 Å². The Bertz CT molecular complexity index is 500. The molecule has 0 fully saturated rings. The molecule has 0 radical (unpaired) electrons. The third kappa shape index (κ3) is 2.77. The van der Waals surface area contributed by atoms with E-state index in [1.54, 1.807) is 0 Å². The quantitative estimate of drug-likeness (QED) is 0.485. The van der Waals surface area contributed by atoms with E-state index in [0.717, 1.165) is 14.2 Å². The number of nitrogens with zero attached hydrogens (tertiary/aromatic N) is 1. The second kappa shape index (κ2) is 5.41. The maximum absolute atomic E-state index is 13.5. The van der Waals surface area contributed by atoms with E-state index in [-0.39, 0.29) is 12.1 Å². The highest BCUT2D eigenvalue weighted by atomic mass is 19.4. The summed E-state index contributed by atoms with van der Waals surface area (Å²) in [5.41, 5.74) is -2.39. The molecule has 1 rings (SSSR count). The first-order valence-electron chi connectivity index (χ1n) is 5.19. The molecule has 0 amide bonds. The van der Waals surface area contributed by atoms with Gasteiger partial charge in [-0.3, -0.25) is 0 Å². The van der Waals surface area contributed by atoms with E-state index in [1.165, 1.54) is 6.92 Å². The molecule has 0 aromatic carbocycles. The third-order valence-corrected chi connectivity index (χ3v) is 2.39. The molecule has 0 bridgehead atoms. The van der Waals surface area contributed by atoms with Crippen molar-refractivity contribution >= 4 is 5.97 Å². The van der Waals surface area contributed by atoms with Crippen molar-refractivity contribution in [2.75, 3.05) is 14.2 Å². The van der Waals surface area contributed by atoms with Gasteiger partial charge in [-0.1, -0.05) is 6.92 Å². The number of aromatic nitrogens is 1. The van der Waals surface area contributed by atoms with E-state index >= 15 is 0 Å². The average molecular weight is 281 g/mol. The smallest absolute Gasteiger partial charge is 0.424 e. The van der Waals surface area contributed by atoms with Crippen LogP contribution in [0.4, 0.5) is 17.6 Å². The first-order valence-corrected chi connectivity index (χ1v) is 5.19. The zero-order valence-electron chi connectivity index (χ0n) is 10.4. The molecule has 19 heavy (non-hydrogen) atoms. The zero-order chi connectivity index (χ0) is 14.8. The number of pyridine rings is 1. The van der Waals surface area contributed by atoms with Crippen molar-refractivity contribution in [1.82, 2.24) is 4.98 Å². The molecule has 4 nitrogen and oxygen atoms in total. The normalized spacial score (nSPS) is 11.3. The minimum Gasteiger partial charge on any atom is -0.495 e. The third-order valence-electron chi connectivity index (χ3n) is 2.39. The van der Waals surface area contributed by atoms with Crippen LogP contribution in [-0.4, -0.2) is 25.2 Å². The van der Waals surface area contributed by atoms with Crippen LogP contribution in [0.25, 0.3) is 0 Å². The second-order valence-electron chi connectivity index (χ2n) is 3.48. The monoisotopic (exact) mass is 281 g/mol. The molecular formula is C11H11F4NO3. The number of aryl methyl sites for hydroxylation is 1. The topological polar surface area (TPSA) is 48.4 Å². The molecule has 0 atom stereocenters.